The summed E-state index contributed by atoms with van der Waals surface area (Å²) in [6.45, 7) is 6.57. The smallest absolute Gasteiger partial charge is 0.122 e. The lowest BCUT2D eigenvalue weighted by Gasteiger charge is -2.07. The van der Waals surface area contributed by atoms with Gasteiger partial charge in [-0.05, 0) is 20.3 Å². The normalized spacial score (nSPS) is 13.6. The highest BCUT2D eigenvalue weighted by Gasteiger charge is 1.99. The van der Waals surface area contributed by atoms with Gasteiger partial charge >= 0.3 is 0 Å². The molecule has 1 unspecified atom stereocenters. The van der Waals surface area contributed by atoms with E-state index in [2.05, 4.69) is 0 Å². The maximum atomic E-state index is 10.1. The Bertz CT molecular complexity index is 89.3. The van der Waals surface area contributed by atoms with Crippen LogP contribution in [0.4, 0.5) is 0 Å². The summed E-state index contributed by atoms with van der Waals surface area (Å²) < 4.78 is 5.26. The van der Waals surface area contributed by atoms with Crippen LogP contribution in [0.25, 0.3) is 0 Å². The van der Waals surface area contributed by atoms with E-state index in [9.17, 15) is 4.79 Å². The first-order valence-electron chi connectivity index (χ1n) is 3.73. The van der Waals surface area contributed by atoms with Gasteiger partial charge in [0.2, 0.25) is 0 Å². The van der Waals surface area contributed by atoms with Crippen LogP contribution in [-0.2, 0) is 9.53 Å². The van der Waals surface area contributed by atoms with Crippen LogP contribution in [0.5, 0.6) is 0 Å². The van der Waals surface area contributed by atoms with Crippen LogP contribution in [0, 0.1) is 5.92 Å². The minimum absolute atomic E-state index is 0.138. The molecular formula is C8H16O2. The molecule has 0 aromatic heterocycles. The molecule has 0 fully saturated rings. The predicted octanol–water partition coefficient (Wildman–Crippen LogP) is 1.64. The van der Waals surface area contributed by atoms with Crippen LogP contribution < -0.4 is 0 Å². The Balaban J connectivity index is 3.11. The molecule has 1 atom stereocenters. The lowest BCUT2D eigenvalue weighted by Crippen LogP contribution is -2.07. The van der Waals surface area contributed by atoms with E-state index in [1.54, 1.807) is 0 Å². The molecule has 60 valence electrons. The van der Waals surface area contributed by atoms with Crippen molar-refractivity contribution in [2.45, 2.75) is 33.3 Å². The number of hydrogen-bond donors (Lipinski definition) is 0. The first-order valence-corrected chi connectivity index (χ1v) is 3.73. The van der Waals surface area contributed by atoms with Crippen molar-refractivity contribution in [2.24, 2.45) is 5.92 Å². The Hall–Kier alpha value is -0.370. The minimum atomic E-state index is 0.138. The summed E-state index contributed by atoms with van der Waals surface area (Å²) in [6.07, 6.45) is 2.07. The van der Waals surface area contributed by atoms with Crippen LogP contribution in [0.1, 0.15) is 27.2 Å². The lowest BCUT2D eigenvalue weighted by atomic mass is 10.1. The zero-order chi connectivity index (χ0) is 7.98. The van der Waals surface area contributed by atoms with Gasteiger partial charge in [-0.1, -0.05) is 6.92 Å². The molecule has 0 amide bonds. The van der Waals surface area contributed by atoms with E-state index >= 15 is 0 Å². The Morgan fingerprint density at radius 3 is 2.40 bits per heavy atom. The van der Waals surface area contributed by atoms with Crippen molar-refractivity contribution in [3.63, 3.8) is 0 Å². The van der Waals surface area contributed by atoms with Crippen LogP contribution >= 0.6 is 0 Å². The van der Waals surface area contributed by atoms with Crippen molar-refractivity contribution in [3.05, 3.63) is 0 Å². The molecule has 0 spiro atoms. The van der Waals surface area contributed by atoms with Crippen LogP contribution in [0.2, 0.25) is 0 Å². The average Bonchev–Trinajstić information content (AvgIpc) is 1.87. The van der Waals surface area contributed by atoms with Gasteiger partial charge in [0.1, 0.15) is 6.29 Å². The number of aldehydes is 1. The predicted molar refractivity (Wildman–Crippen MR) is 40.9 cm³/mol. The summed E-state index contributed by atoms with van der Waals surface area (Å²) in [5.74, 6) is 0.138. The van der Waals surface area contributed by atoms with Gasteiger partial charge in [-0.15, -0.1) is 0 Å². The molecule has 2 nitrogen and oxygen atoms in total. The van der Waals surface area contributed by atoms with E-state index in [1.807, 2.05) is 20.8 Å². The molecule has 0 bridgehead atoms. The summed E-state index contributed by atoms with van der Waals surface area (Å²) in [6, 6.07) is 0. The van der Waals surface area contributed by atoms with Crippen LogP contribution in [-0.4, -0.2) is 19.0 Å². The van der Waals surface area contributed by atoms with Gasteiger partial charge in [0.05, 0.1) is 6.10 Å². The van der Waals surface area contributed by atoms with Gasteiger partial charge in [-0.3, -0.25) is 0 Å². The highest BCUT2D eigenvalue weighted by molar-refractivity contribution is 5.52. The maximum absolute atomic E-state index is 10.1. The highest BCUT2D eigenvalue weighted by atomic mass is 16.5. The molecule has 0 aromatic rings. The first-order chi connectivity index (χ1) is 4.66. The zero-order valence-electron chi connectivity index (χ0n) is 6.96. The van der Waals surface area contributed by atoms with E-state index in [4.69, 9.17) is 4.74 Å². The van der Waals surface area contributed by atoms with E-state index in [1.165, 1.54) is 0 Å². The Morgan fingerprint density at radius 2 is 2.00 bits per heavy atom. The number of carbonyl (C=O) groups is 1. The number of ether oxygens (including phenoxy) is 1. The minimum Gasteiger partial charge on any atom is -0.379 e. The van der Waals surface area contributed by atoms with Gasteiger partial charge in [-0.2, -0.15) is 0 Å². The van der Waals surface area contributed by atoms with Crippen molar-refractivity contribution < 1.29 is 9.53 Å². The van der Waals surface area contributed by atoms with Gasteiger partial charge in [0, 0.05) is 12.5 Å². The molecule has 0 saturated heterocycles. The molecule has 0 rings (SSSR count). The second-order valence-corrected chi connectivity index (χ2v) is 2.82. The highest BCUT2D eigenvalue weighted by Crippen LogP contribution is 1.98. The third-order valence-electron chi connectivity index (χ3n) is 1.26. The standard InChI is InChI=1S/C8H16O2/c1-7(2)10-5-4-8(3)6-9/h6-8H,4-5H2,1-3H3. The molecule has 0 aliphatic heterocycles. The second-order valence-electron chi connectivity index (χ2n) is 2.82. The molecule has 10 heavy (non-hydrogen) atoms. The monoisotopic (exact) mass is 144 g/mol. The van der Waals surface area contributed by atoms with Gasteiger partial charge in [-0.25, -0.2) is 0 Å². The lowest BCUT2D eigenvalue weighted by molar-refractivity contribution is -0.111. The van der Waals surface area contributed by atoms with Crippen LogP contribution in [0.15, 0.2) is 0 Å². The molecular weight excluding hydrogens is 128 g/mol. The fraction of sp³-hybridized carbons (Fsp3) is 0.875. The second kappa shape index (κ2) is 5.42. The summed E-state index contributed by atoms with van der Waals surface area (Å²) in [5, 5.41) is 0. The summed E-state index contributed by atoms with van der Waals surface area (Å²) in [5.41, 5.74) is 0. The van der Waals surface area contributed by atoms with E-state index < -0.39 is 0 Å². The summed E-state index contributed by atoms with van der Waals surface area (Å²) in [4.78, 5) is 10.1. The summed E-state index contributed by atoms with van der Waals surface area (Å²) in [7, 11) is 0. The number of carbonyl (C=O) groups excluding carboxylic acids is 1. The van der Waals surface area contributed by atoms with E-state index in [0.29, 0.717) is 6.61 Å². The third kappa shape index (κ3) is 5.76. The number of hydrogen-bond acceptors (Lipinski definition) is 2. The quantitative estimate of drug-likeness (QED) is 0.548. The molecule has 0 radical (unpaired) electrons. The van der Waals surface area contributed by atoms with Gasteiger partial charge < -0.3 is 9.53 Å². The van der Waals surface area contributed by atoms with E-state index in [0.717, 1.165) is 12.7 Å². The zero-order valence-corrected chi connectivity index (χ0v) is 6.96. The van der Waals surface area contributed by atoms with Crippen molar-refractivity contribution in [1.82, 2.24) is 0 Å². The molecule has 0 aliphatic carbocycles. The van der Waals surface area contributed by atoms with Gasteiger partial charge in [0.15, 0.2) is 0 Å². The Labute approximate surface area is 62.6 Å². The third-order valence-corrected chi connectivity index (χ3v) is 1.26. The molecule has 0 aromatic carbocycles. The Kier molecular flexibility index (Phi) is 5.22. The fourth-order valence-corrected chi connectivity index (χ4v) is 0.558. The molecule has 0 heterocycles. The van der Waals surface area contributed by atoms with Crippen molar-refractivity contribution in [3.8, 4) is 0 Å². The number of rotatable bonds is 5. The SMILES string of the molecule is CC(C=O)CCOC(C)C. The molecule has 2 heteroatoms. The average molecular weight is 144 g/mol. The van der Waals surface area contributed by atoms with Crippen LogP contribution in [0.3, 0.4) is 0 Å². The first kappa shape index (κ1) is 9.63. The van der Waals surface area contributed by atoms with E-state index in [-0.39, 0.29) is 12.0 Å². The topological polar surface area (TPSA) is 26.3 Å². The van der Waals surface area contributed by atoms with Crippen molar-refractivity contribution in [1.29, 1.82) is 0 Å². The molecule has 0 N–H and O–H groups in total. The van der Waals surface area contributed by atoms with Gasteiger partial charge in [0.25, 0.3) is 0 Å². The Morgan fingerprint density at radius 1 is 1.40 bits per heavy atom. The molecule has 0 aliphatic rings. The maximum Gasteiger partial charge on any atom is 0.122 e. The molecule has 0 saturated carbocycles. The largest absolute Gasteiger partial charge is 0.379 e. The fourth-order valence-electron chi connectivity index (χ4n) is 0.558. The summed E-state index contributed by atoms with van der Waals surface area (Å²) >= 11 is 0. The van der Waals surface area contributed by atoms with Crippen molar-refractivity contribution in [2.75, 3.05) is 6.61 Å². The van der Waals surface area contributed by atoms with Crippen molar-refractivity contribution >= 4 is 6.29 Å².